The van der Waals surface area contributed by atoms with Crippen LogP contribution in [0.5, 0.6) is 5.75 Å². The van der Waals surface area contributed by atoms with E-state index >= 15 is 0 Å². The molecule has 2 aromatic heterocycles. The van der Waals surface area contributed by atoms with Gasteiger partial charge >= 0.3 is 0 Å². The van der Waals surface area contributed by atoms with Gasteiger partial charge in [-0.2, -0.15) is 0 Å². The van der Waals surface area contributed by atoms with Gasteiger partial charge in [-0.05, 0) is 50.6 Å². The number of hydrogen-bond donors (Lipinski definition) is 0. The molecule has 4 rings (SSSR count). The molecule has 1 aromatic carbocycles. The summed E-state index contributed by atoms with van der Waals surface area (Å²) in [7, 11) is 0. The molecule has 6 heteroatoms. The standard InChI is InChI=1S/C21H21N3O2S/c1-4-18-21(25)24(13(2)3)17-11-14(8-9-19(17)26-18)16-12-27-20(23-16)15-7-5-6-10-22-15/h5-13,18H,4H2,1-3H3. The monoisotopic (exact) mass is 379 g/mol. The second kappa shape index (κ2) is 7.12. The first kappa shape index (κ1) is 17.7. The Kier molecular flexibility index (Phi) is 4.66. The van der Waals surface area contributed by atoms with E-state index in [1.165, 1.54) is 0 Å². The summed E-state index contributed by atoms with van der Waals surface area (Å²) in [5, 5.41) is 2.90. The van der Waals surface area contributed by atoms with Gasteiger partial charge in [0.1, 0.15) is 10.8 Å². The molecule has 1 amide bonds. The number of carbonyl (C=O) groups excluding carboxylic acids is 1. The van der Waals surface area contributed by atoms with Crippen LogP contribution in [-0.2, 0) is 4.79 Å². The highest BCUT2D eigenvalue weighted by molar-refractivity contribution is 7.13. The van der Waals surface area contributed by atoms with E-state index < -0.39 is 6.10 Å². The molecule has 138 valence electrons. The van der Waals surface area contributed by atoms with Gasteiger partial charge in [0.15, 0.2) is 6.10 Å². The van der Waals surface area contributed by atoms with Gasteiger partial charge in [0.25, 0.3) is 5.91 Å². The molecular formula is C21H21N3O2S. The van der Waals surface area contributed by atoms with Gasteiger partial charge in [-0.3, -0.25) is 9.78 Å². The molecule has 0 bridgehead atoms. The summed E-state index contributed by atoms with van der Waals surface area (Å²) in [6.07, 6.45) is 2.01. The maximum atomic E-state index is 12.8. The lowest BCUT2D eigenvalue weighted by Crippen LogP contribution is -2.48. The molecule has 5 nitrogen and oxygen atoms in total. The van der Waals surface area contributed by atoms with Gasteiger partial charge in [-0.15, -0.1) is 11.3 Å². The topological polar surface area (TPSA) is 55.3 Å². The Morgan fingerprint density at radius 2 is 2.07 bits per heavy atom. The van der Waals surface area contributed by atoms with Crippen molar-refractivity contribution >= 4 is 22.9 Å². The number of amides is 1. The number of carbonyl (C=O) groups is 1. The molecule has 3 aromatic rings. The average molecular weight is 379 g/mol. The molecular weight excluding hydrogens is 358 g/mol. The van der Waals surface area contributed by atoms with Crippen molar-refractivity contribution in [1.82, 2.24) is 9.97 Å². The molecule has 0 aliphatic carbocycles. The fraction of sp³-hybridized carbons (Fsp3) is 0.286. The second-order valence-corrected chi connectivity index (χ2v) is 7.61. The summed E-state index contributed by atoms with van der Waals surface area (Å²) in [5.74, 6) is 0.767. The molecule has 0 radical (unpaired) electrons. The van der Waals surface area contributed by atoms with Crippen LogP contribution in [0.3, 0.4) is 0 Å². The Morgan fingerprint density at radius 1 is 1.22 bits per heavy atom. The summed E-state index contributed by atoms with van der Waals surface area (Å²) >= 11 is 1.56. The summed E-state index contributed by atoms with van der Waals surface area (Å²) in [6.45, 7) is 6.01. The van der Waals surface area contributed by atoms with Crippen molar-refractivity contribution < 1.29 is 9.53 Å². The zero-order valence-corrected chi connectivity index (χ0v) is 16.4. The summed E-state index contributed by atoms with van der Waals surface area (Å²) < 4.78 is 5.92. The van der Waals surface area contributed by atoms with Crippen LogP contribution in [0.1, 0.15) is 27.2 Å². The van der Waals surface area contributed by atoms with Crippen molar-refractivity contribution in [2.45, 2.75) is 39.3 Å². The number of benzene rings is 1. The second-order valence-electron chi connectivity index (χ2n) is 6.75. The van der Waals surface area contributed by atoms with E-state index in [4.69, 9.17) is 9.72 Å². The van der Waals surface area contributed by atoms with E-state index in [9.17, 15) is 4.79 Å². The number of aromatic nitrogens is 2. The number of ether oxygens (including phenoxy) is 1. The van der Waals surface area contributed by atoms with Crippen molar-refractivity contribution in [3.8, 4) is 27.7 Å². The van der Waals surface area contributed by atoms with E-state index in [-0.39, 0.29) is 11.9 Å². The van der Waals surface area contributed by atoms with E-state index in [1.807, 2.05) is 67.4 Å². The third kappa shape index (κ3) is 3.21. The molecule has 27 heavy (non-hydrogen) atoms. The molecule has 0 spiro atoms. The fourth-order valence-electron chi connectivity index (χ4n) is 3.25. The quantitative estimate of drug-likeness (QED) is 0.654. The third-order valence-corrected chi connectivity index (χ3v) is 5.44. The van der Waals surface area contributed by atoms with E-state index in [0.29, 0.717) is 6.42 Å². The zero-order chi connectivity index (χ0) is 19.0. The first-order valence-electron chi connectivity index (χ1n) is 9.09. The van der Waals surface area contributed by atoms with Gasteiger partial charge in [0.2, 0.25) is 0 Å². The number of nitrogens with zero attached hydrogens (tertiary/aromatic N) is 3. The van der Waals surface area contributed by atoms with Gasteiger partial charge in [0.05, 0.1) is 17.1 Å². The largest absolute Gasteiger partial charge is 0.478 e. The van der Waals surface area contributed by atoms with Crippen LogP contribution in [0.15, 0.2) is 48.0 Å². The van der Waals surface area contributed by atoms with Crippen molar-refractivity contribution in [1.29, 1.82) is 0 Å². The highest BCUT2D eigenvalue weighted by Gasteiger charge is 2.35. The number of thiazole rings is 1. The molecule has 1 atom stereocenters. The predicted octanol–water partition coefficient (Wildman–Crippen LogP) is 4.78. The molecule has 1 aliphatic rings. The Balaban J connectivity index is 1.73. The molecule has 1 unspecified atom stereocenters. The Bertz CT molecular complexity index is 969. The molecule has 0 saturated carbocycles. The van der Waals surface area contributed by atoms with Crippen LogP contribution in [0.4, 0.5) is 5.69 Å². The first-order chi connectivity index (χ1) is 13.1. The van der Waals surface area contributed by atoms with Gasteiger partial charge < -0.3 is 9.64 Å². The number of fused-ring (bicyclic) bond motifs is 1. The fourth-order valence-corrected chi connectivity index (χ4v) is 4.05. The molecule has 3 heterocycles. The van der Waals surface area contributed by atoms with Crippen molar-refractivity contribution in [3.05, 3.63) is 48.0 Å². The molecule has 0 saturated heterocycles. The van der Waals surface area contributed by atoms with Crippen LogP contribution in [-0.4, -0.2) is 28.0 Å². The average Bonchev–Trinajstić information content (AvgIpc) is 3.17. The summed E-state index contributed by atoms with van der Waals surface area (Å²) in [6, 6.07) is 11.8. The third-order valence-electron chi connectivity index (χ3n) is 4.57. The molecule has 0 N–H and O–H groups in total. The van der Waals surface area contributed by atoms with E-state index in [0.717, 1.165) is 33.4 Å². The maximum absolute atomic E-state index is 12.8. The lowest BCUT2D eigenvalue weighted by Gasteiger charge is -2.36. The first-order valence-corrected chi connectivity index (χ1v) is 9.97. The number of rotatable bonds is 4. The summed E-state index contributed by atoms with van der Waals surface area (Å²) in [5.41, 5.74) is 3.51. The minimum Gasteiger partial charge on any atom is -0.478 e. The summed E-state index contributed by atoms with van der Waals surface area (Å²) in [4.78, 5) is 23.7. The number of pyridine rings is 1. The van der Waals surface area contributed by atoms with Crippen LogP contribution in [0.2, 0.25) is 0 Å². The van der Waals surface area contributed by atoms with Crippen LogP contribution in [0.25, 0.3) is 22.0 Å². The predicted molar refractivity (Wildman–Crippen MR) is 108 cm³/mol. The Labute approximate surface area is 162 Å². The number of anilines is 1. The van der Waals surface area contributed by atoms with Gasteiger partial charge in [-0.25, -0.2) is 4.98 Å². The van der Waals surface area contributed by atoms with E-state index in [2.05, 4.69) is 4.98 Å². The lowest BCUT2D eigenvalue weighted by atomic mass is 10.1. The zero-order valence-electron chi connectivity index (χ0n) is 15.5. The number of hydrogen-bond acceptors (Lipinski definition) is 5. The van der Waals surface area contributed by atoms with Crippen LogP contribution < -0.4 is 9.64 Å². The Morgan fingerprint density at radius 3 is 2.78 bits per heavy atom. The molecule has 0 fully saturated rings. The minimum absolute atomic E-state index is 0.0182. The van der Waals surface area contributed by atoms with Crippen molar-refractivity contribution in [2.24, 2.45) is 0 Å². The van der Waals surface area contributed by atoms with Crippen molar-refractivity contribution in [3.63, 3.8) is 0 Å². The smallest absolute Gasteiger partial charge is 0.268 e. The molecule has 1 aliphatic heterocycles. The van der Waals surface area contributed by atoms with Crippen LogP contribution in [0, 0.1) is 0 Å². The van der Waals surface area contributed by atoms with Crippen LogP contribution >= 0.6 is 11.3 Å². The lowest BCUT2D eigenvalue weighted by molar-refractivity contribution is -0.126. The Hall–Kier alpha value is -2.73. The minimum atomic E-state index is -0.416. The van der Waals surface area contributed by atoms with Crippen molar-refractivity contribution in [2.75, 3.05) is 4.90 Å². The van der Waals surface area contributed by atoms with Gasteiger partial charge in [-0.1, -0.05) is 13.0 Å². The van der Waals surface area contributed by atoms with E-state index in [1.54, 1.807) is 17.5 Å². The normalized spacial score (nSPS) is 16.4. The maximum Gasteiger partial charge on any atom is 0.268 e. The highest BCUT2D eigenvalue weighted by atomic mass is 32.1. The SMILES string of the molecule is CCC1Oc2ccc(-c3csc(-c4ccccn4)n3)cc2N(C(C)C)C1=O. The highest BCUT2D eigenvalue weighted by Crippen LogP contribution is 2.39. The van der Waals surface area contributed by atoms with Gasteiger partial charge in [0, 0.05) is 23.2 Å².